The second kappa shape index (κ2) is 6.64. The van der Waals surface area contributed by atoms with Crippen LogP contribution in [0.1, 0.15) is 25.3 Å². The second-order valence-corrected chi connectivity index (χ2v) is 5.63. The summed E-state index contributed by atoms with van der Waals surface area (Å²) in [6, 6.07) is 5.63. The molecule has 1 saturated carbocycles. The number of nitrogens with zero attached hydrogens (tertiary/aromatic N) is 1. The molecule has 0 amide bonds. The van der Waals surface area contributed by atoms with E-state index in [1.807, 2.05) is 0 Å². The van der Waals surface area contributed by atoms with Gasteiger partial charge in [0.05, 0.1) is 0 Å². The normalized spacial score (nSPS) is 15.3. The van der Waals surface area contributed by atoms with Crippen LogP contribution in [0.4, 0.5) is 4.39 Å². The predicted octanol–water partition coefficient (Wildman–Crippen LogP) is 3.16. The molecule has 0 saturated heterocycles. The molecule has 0 aromatic heterocycles. The Labute approximate surface area is 117 Å². The first-order chi connectivity index (χ1) is 8.70. The summed E-state index contributed by atoms with van der Waals surface area (Å²) in [5.41, 5.74) is 0.976. The Bertz CT molecular complexity index is 393. The minimum Gasteiger partial charge on any atom is -0.311 e. The third kappa shape index (κ3) is 4.04. The molecule has 1 aliphatic carbocycles. The standard InChI is InChI=1S/C14H20BrFN2/c1-2-18(13-4-5-13)8-7-17-10-11-9-12(16)3-6-14(11)15/h3,6,9,13,17H,2,4-5,7-8,10H2,1H3. The van der Waals surface area contributed by atoms with Crippen molar-refractivity contribution in [2.75, 3.05) is 19.6 Å². The first-order valence-corrected chi connectivity index (χ1v) is 7.38. The number of halogens is 2. The van der Waals surface area contributed by atoms with E-state index in [0.29, 0.717) is 6.54 Å². The summed E-state index contributed by atoms with van der Waals surface area (Å²) in [4.78, 5) is 2.51. The Hall–Kier alpha value is -0.450. The summed E-state index contributed by atoms with van der Waals surface area (Å²) < 4.78 is 14.1. The summed E-state index contributed by atoms with van der Waals surface area (Å²) in [6.07, 6.45) is 2.70. The minimum atomic E-state index is -0.178. The number of hydrogen-bond donors (Lipinski definition) is 1. The molecule has 0 unspecified atom stereocenters. The number of benzene rings is 1. The fourth-order valence-corrected chi connectivity index (χ4v) is 2.55. The van der Waals surface area contributed by atoms with Crippen LogP contribution >= 0.6 is 15.9 Å². The molecule has 18 heavy (non-hydrogen) atoms. The van der Waals surface area contributed by atoms with Crippen molar-refractivity contribution in [3.05, 3.63) is 34.1 Å². The van der Waals surface area contributed by atoms with Gasteiger partial charge in [0.1, 0.15) is 5.82 Å². The molecule has 1 aromatic carbocycles. The van der Waals surface area contributed by atoms with Crippen molar-refractivity contribution in [1.29, 1.82) is 0 Å². The van der Waals surface area contributed by atoms with E-state index in [9.17, 15) is 4.39 Å². The molecule has 0 spiro atoms. The molecule has 2 nitrogen and oxygen atoms in total. The van der Waals surface area contributed by atoms with Gasteiger partial charge in [0.2, 0.25) is 0 Å². The van der Waals surface area contributed by atoms with Crippen molar-refractivity contribution >= 4 is 15.9 Å². The van der Waals surface area contributed by atoms with E-state index in [1.165, 1.54) is 18.9 Å². The molecule has 0 heterocycles. The predicted molar refractivity (Wildman–Crippen MR) is 76.1 cm³/mol. The quantitative estimate of drug-likeness (QED) is 0.778. The zero-order valence-corrected chi connectivity index (χ0v) is 12.3. The van der Waals surface area contributed by atoms with Crippen LogP contribution in [-0.4, -0.2) is 30.6 Å². The van der Waals surface area contributed by atoms with E-state index in [2.05, 4.69) is 33.1 Å². The molecule has 1 fully saturated rings. The third-order valence-electron chi connectivity index (χ3n) is 3.37. The summed E-state index contributed by atoms with van der Waals surface area (Å²) in [5.74, 6) is -0.178. The van der Waals surface area contributed by atoms with Gasteiger partial charge in [-0.1, -0.05) is 22.9 Å². The average molecular weight is 315 g/mol. The molecular weight excluding hydrogens is 295 g/mol. The Morgan fingerprint density at radius 1 is 1.44 bits per heavy atom. The van der Waals surface area contributed by atoms with Crippen molar-refractivity contribution in [2.45, 2.75) is 32.4 Å². The maximum absolute atomic E-state index is 13.1. The van der Waals surface area contributed by atoms with Crippen LogP contribution in [0.25, 0.3) is 0 Å². The van der Waals surface area contributed by atoms with Gasteiger partial charge >= 0.3 is 0 Å². The molecule has 0 atom stereocenters. The van der Waals surface area contributed by atoms with Gasteiger partial charge in [0.15, 0.2) is 0 Å². The zero-order chi connectivity index (χ0) is 13.0. The largest absolute Gasteiger partial charge is 0.311 e. The van der Waals surface area contributed by atoms with Gasteiger partial charge in [-0.05, 0) is 43.1 Å². The zero-order valence-electron chi connectivity index (χ0n) is 10.8. The van der Waals surface area contributed by atoms with Crippen LogP contribution < -0.4 is 5.32 Å². The third-order valence-corrected chi connectivity index (χ3v) is 4.14. The van der Waals surface area contributed by atoms with E-state index in [4.69, 9.17) is 0 Å². The van der Waals surface area contributed by atoms with Crippen LogP contribution in [0.5, 0.6) is 0 Å². The smallest absolute Gasteiger partial charge is 0.123 e. The van der Waals surface area contributed by atoms with Gasteiger partial charge in [0, 0.05) is 30.1 Å². The van der Waals surface area contributed by atoms with Crippen molar-refractivity contribution in [1.82, 2.24) is 10.2 Å². The van der Waals surface area contributed by atoms with Crippen molar-refractivity contribution < 1.29 is 4.39 Å². The summed E-state index contributed by atoms with van der Waals surface area (Å²) in [7, 11) is 0. The van der Waals surface area contributed by atoms with Gasteiger partial charge in [-0.15, -0.1) is 0 Å². The summed E-state index contributed by atoms with van der Waals surface area (Å²) >= 11 is 3.44. The lowest BCUT2D eigenvalue weighted by atomic mass is 10.2. The molecule has 0 radical (unpaired) electrons. The first kappa shape index (κ1) is 14.0. The van der Waals surface area contributed by atoms with E-state index in [0.717, 1.165) is 35.7 Å². The highest BCUT2D eigenvalue weighted by Crippen LogP contribution is 2.25. The molecule has 1 aliphatic rings. The fraction of sp³-hybridized carbons (Fsp3) is 0.571. The Balaban J connectivity index is 1.72. The van der Waals surface area contributed by atoms with E-state index < -0.39 is 0 Å². The SMILES string of the molecule is CCN(CCNCc1cc(F)ccc1Br)C1CC1. The lowest BCUT2D eigenvalue weighted by molar-refractivity contribution is 0.277. The highest BCUT2D eigenvalue weighted by molar-refractivity contribution is 9.10. The maximum atomic E-state index is 13.1. The second-order valence-electron chi connectivity index (χ2n) is 4.77. The van der Waals surface area contributed by atoms with Crippen LogP contribution in [0.3, 0.4) is 0 Å². The van der Waals surface area contributed by atoms with Gasteiger partial charge in [-0.2, -0.15) is 0 Å². The van der Waals surface area contributed by atoms with E-state index in [-0.39, 0.29) is 5.82 Å². The van der Waals surface area contributed by atoms with Gasteiger partial charge in [-0.25, -0.2) is 4.39 Å². The Morgan fingerprint density at radius 3 is 2.89 bits per heavy atom. The monoisotopic (exact) mass is 314 g/mol. The Kier molecular flexibility index (Phi) is 5.15. The first-order valence-electron chi connectivity index (χ1n) is 6.59. The number of nitrogens with one attached hydrogen (secondary N) is 1. The molecule has 2 rings (SSSR count). The highest BCUT2D eigenvalue weighted by Gasteiger charge is 2.26. The summed E-state index contributed by atoms with van der Waals surface area (Å²) in [5, 5.41) is 3.38. The van der Waals surface area contributed by atoms with E-state index >= 15 is 0 Å². The number of hydrogen-bond acceptors (Lipinski definition) is 2. The average Bonchev–Trinajstić information content (AvgIpc) is 3.18. The lowest BCUT2D eigenvalue weighted by Gasteiger charge is -2.19. The Morgan fingerprint density at radius 2 is 2.22 bits per heavy atom. The highest BCUT2D eigenvalue weighted by atomic mass is 79.9. The summed E-state index contributed by atoms with van der Waals surface area (Å²) in [6.45, 7) is 6.07. The van der Waals surface area contributed by atoms with E-state index in [1.54, 1.807) is 12.1 Å². The number of rotatable bonds is 7. The molecule has 0 aliphatic heterocycles. The maximum Gasteiger partial charge on any atom is 0.123 e. The lowest BCUT2D eigenvalue weighted by Crippen LogP contribution is -2.33. The number of likely N-dealkylation sites (N-methyl/N-ethyl adjacent to an activating group) is 1. The molecule has 1 aromatic rings. The van der Waals surface area contributed by atoms with Gasteiger partial charge in [0.25, 0.3) is 0 Å². The fourth-order valence-electron chi connectivity index (χ4n) is 2.16. The van der Waals surface area contributed by atoms with Crippen LogP contribution in [0.2, 0.25) is 0 Å². The van der Waals surface area contributed by atoms with Crippen LogP contribution in [0, 0.1) is 5.82 Å². The van der Waals surface area contributed by atoms with Crippen molar-refractivity contribution in [3.8, 4) is 0 Å². The van der Waals surface area contributed by atoms with Gasteiger partial charge in [-0.3, -0.25) is 4.90 Å². The molecule has 0 bridgehead atoms. The molecule has 4 heteroatoms. The topological polar surface area (TPSA) is 15.3 Å². The van der Waals surface area contributed by atoms with Gasteiger partial charge < -0.3 is 5.32 Å². The van der Waals surface area contributed by atoms with Crippen LogP contribution in [-0.2, 0) is 6.54 Å². The van der Waals surface area contributed by atoms with Crippen LogP contribution in [0.15, 0.2) is 22.7 Å². The molecular formula is C14H20BrFN2. The van der Waals surface area contributed by atoms with Crippen molar-refractivity contribution in [3.63, 3.8) is 0 Å². The molecule has 100 valence electrons. The minimum absolute atomic E-state index is 0.178. The van der Waals surface area contributed by atoms with Crippen molar-refractivity contribution in [2.24, 2.45) is 0 Å². The molecule has 1 N–H and O–H groups in total.